The number of rotatable bonds is 4. The van der Waals surface area contributed by atoms with Gasteiger partial charge in [-0.3, -0.25) is 4.79 Å². The molecule has 0 amide bonds. The largest absolute Gasteiger partial charge is 0.330 e. The summed E-state index contributed by atoms with van der Waals surface area (Å²) in [4.78, 5) is 15.7. The summed E-state index contributed by atoms with van der Waals surface area (Å²) in [6.45, 7) is 13.5. The Morgan fingerprint density at radius 2 is 1.94 bits per heavy atom. The third-order valence-corrected chi connectivity index (χ3v) is 2.72. The molecule has 0 unspecified atom stereocenters. The molecule has 0 N–H and O–H groups in total. The van der Waals surface area contributed by atoms with E-state index in [1.807, 2.05) is 10.8 Å². The third-order valence-electron chi connectivity index (χ3n) is 2.72. The molecule has 88 valence electrons. The zero-order valence-electron chi connectivity index (χ0n) is 10.7. The zero-order chi connectivity index (χ0) is 12.5. The summed E-state index contributed by atoms with van der Waals surface area (Å²) in [5, 5.41) is 0. The van der Waals surface area contributed by atoms with E-state index in [1.165, 1.54) is 0 Å². The first-order chi connectivity index (χ1) is 7.40. The molecule has 0 spiro atoms. The van der Waals surface area contributed by atoms with Gasteiger partial charge in [0, 0.05) is 12.2 Å². The summed E-state index contributed by atoms with van der Waals surface area (Å²) in [6, 6.07) is 0.283. The average molecular weight is 220 g/mol. The highest BCUT2D eigenvalue weighted by Crippen LogP contribution is 2.33. The Balaban J connectivity index is 3.52. The van der Waals surface area contributed by atoms with E-state index >= 15 is 0 Å². The van der Waals surface area contributed by atoms with Crippen molar-refractivity contribution in [2.24, 2.45) is 4.99 Å². The van der Waals surface area contributed by atoms with Crippen LogP contribution in [0.15, 0.2) is 11.2 Å². The van der Waals surface area contributed by atoms with Gasteiger partial charge in [0.15, 0.2) is 5.78 Å². The molecule has 0 atom stereocenters. The Labute approximate surface area is 97.2 Å². The van der Waals surface area contributed by atoms with Gasteiger partial charge in [-0.15, -0.1) is 0 Å². The van der Waals surface area contributed by atoms with Crippen molar-refractivity contribution in [2.75, 3.05) is 0 Å². The van der Waals surface area contributed by atoms with Gasteiger partial charge in [0.2, 0.25) is 0 Å². The minimum Gasteiger partial charge on any atom is -0.330 e. The van der Waals surface area contributed by atoms with Gasteiger partial charge in [0.25, 0.3) is 0 Å². The second-order valence-electron chi connectivity index (χ2n) is 4.65. The van der Waals surface area contributed by atoms with E-state index in [4.69, 9.17) is 0 Å². The van der Waals surface area contributed by atoms with Crippen molar-refractivity contribution < 1.29 is 4.79 Å². The van der Waals surface area contributed by atoms with Gasteiger partial charge in [-0.05, 0) is 39.0 Å². The van der Waals surface area contributed by atoms with Crippen molar-refractivity contribution in [3.05, 3.63) is 17.3 Å². The molecular weight excluding hydrogens is 200 g/mol. The van der Waals surface area contributed by atoms with E-state index in [0.29, 0.717) is 11.7 Å². The highest BCUT2D eigenvalue weighted by Gasteiger charge is 2.21. The number of carbonyl (C=O) groups excluding carboxylic acids is 1. The summed E-state index contributed by atoms with van der Waals surface area (Å²) >= 11 is 0. The predicted octanol–water partition coefficient (Wildman–Crippen LogP) is 3.73. The highest BCUT2D eigenvalue weighted by atomic mass is 16.1. The molecule has 0 aliphatic carbocycles. The second-order valence-corrected chi connectivity index (χ2v) is 4.65. The fourth-order valence-corrected chi connectivity index (χ4v) is 1.89. The molecule has 0 aliphatic rings. The minimum atomic E-state index is 0.0606. The van der Waals surface area contributed by atoms with Crippen molar-refractivity contribution in [2.45, 2.75) is 46.6 Å². The number of hydrogen-bond donors (Lipinski definition) is 0. The van der Waals surface area contributed by atoms with Crippen molar-refractivity contribution in [3.63, 3.8) is 0 Å². The number of hydrogen-bond acceptors (Lipinski definition) is 2. The van der Waals surface area contributed by atoms with Crippen LogP contribution < -0.4 is 0 Å². The molecule has 0 saturated carbocycles. The van der Waals surface area contributed by atoms with E-state index in [-0.39, 0.29) is 11.8 Å². The van der Waals surface area contributed by atoms with Crippen LogP contribution in [-0.4, -0.2) is 17.1 Å². The summed E-state index contributed by atoms with van der Waals surface area (Å²) in [6.07, 6.45) is 2.02. The molecule has 3 heteroatoms. The summed E-state index contributed by atoms with van der Waals surface area (Å²) in [7, 11) is 0. The van der Waals surface area contributed by atoms with Crippen molar-refractivity contribution in [3.8, 4) is 0 Å². The molecule has 0 aliphatic heterocycles. The Kier molecular flexibility index (Phi) is 3.68. The van der Waals surface area contributed by atoms with E-state index in [0.717, 1.165) is 11.1 Å². The van der Waals surface area contributed by atoms with E-state index in [1.54, 1.807) is 6.92 Å². The average Bonchev–Trinajstić information content (AvgIpc) is 2.56. The van der Waals surface area contributed by atoms with Crippen LogP contribution in [0.3, 0.4) is 0 Å². The molecule has 16 heavy (non-hydrogen) atoms. The molecule has 0 fully saturated rings. The van der Waals surface area contributed by atoms with Gasteiger partial charge >= 0.3 is 0 Å². The lowest BCUT2D eigenvalue weighted by Gasteiger charge is -2.09. The minimum absolute atomic E-state index is 0.0606. The maximum atomic E-state index is 11.7. The van der Waals surface area contributed by atoms with Crippen LogP contribution in [0.1, 0.15) is 62.5 Å². The normalized spacial score (nSPS) is 11.2. The van der Waals surface area contributed by atoms with Crippen molar-refractivity contribution in [1.82, 2.24) is 4.57 Å². The first-order valence-electron chi connectivity index (χ1n) is 5.62. The molecule has 0 radical (unpaired) electrons. The van der Waals surface area contributed by atoms with Crippen molar-refractivity contribution >= 4 is 18.3 Å². The Morgan fingerprint density at radius 3 is 2.25 bits per heavy atom. The molecule has 1 rings (SSSR count). The molecule has 1 aromatic heterocycles. The number of Topliss-reactive ketones (excluding diaryl/α,β-unsaturated/α-hetero) is 1. The maximum absolute atomic E-state index is 11.7. The number of aromatic nitrogens is 1. The Morgan fingerprint density at radius 1 is 1.38 bits per heavy atom. The number of nitrogens with zero attached hydrogens (tertiary/aromatic N) is 2. The van der Waals surface area contributed by atoms with Crippen LogP contribution in [0.2, 0.25) is 0 Å². The molecule has 1 heterocycles. The summed E-state index contributed by atoms with van der Waals surface area (Å²) < 4.78 is 2.01. The quantitative estimate of drug-likeness (QED) is 0.562. The second kappa shape index (κ2) is 4.64. The smallest absolute Gasteiger partial charge is 0.163 e. The summed E-state index contributed by atoms with van der Waals surface area (Å²) in [5.74, 6) is 1.08. The fraction of sp³-hybridized carbons (Fsp3) is 0.538. The standard InChI is InChI=1S/C13H20N2O/c1-8(2)11-7-15(9(3)4)13(14-6)12(11)10(5)16/h7-9H,6H2,1-5H3. The van der Waals surface area contributed by atoms with Crippen molar-refractivity contribution in [1.29, 1.82) is 0 Å². The van der Waals surface area contributed by atoms with Gasteiger partial charge in [0.05, 0.1) is 5.56 Å². The lowest BCUT2D eigenvalue weighted by Crippen LogP contribution is -1.99. The first kappa shape index (κ1) is 12.7. The zero-order valence-corrected chi connectivity index (χ0v) is 10.7. The number of aliphatic imine (C=N–C) groups is 1. The van der Waals surface area contributed by atoms with Crippen LogP contribution in [0.5, 0.6) is 0 Å². The maximum Gasteiger partial charge on any atom is 0.163 e. The summed E-state index contributed by atoms with van der Waals surface area (Å²) in [5.41, 5.74) is 1.78. The SMILES string of the molecule is C=Nc1c(C(C)=O)c(C(C)C)cn1C(C)C. The lowest BCUT2D eigenvalue weighted by atomic mass is 10.00. The van der Waals surface area contributed by atoms with E-state index in [9.17, 15) is 4.79 Å². The monoisotopic (exact) mass is 220 g/mol. The van der Waals surface area contributed by atoms with Gasteiger partial charge in [-0.2, -0.15) is 0 Å². The molecular formula is C13H20N2O. The van der Waals surface area contributed by atoms with Gasteiger partial charge < -0.3 is 4.57 Å². The van der Waals surface area contributed by atoms with Gasteiger partial charge in [0.1, 0.15) is 5.82 Å². The number of ketones is 1. The molecule has 1 aromatic rings. The highest BCUT2D eigenvalue weighted by molar-refractivity contribution is 6.00. The molecule has 0 bridgehead atoms. The number of carbonyl (C=O) groups is 1. The molecule has 0 saturated heterocycles. The topological polar surface area (TPSA) is 34.4 Å². The third kappa shape index (κ3) is 2.08. The first-order valence-corrected chi connectivity index (χ1v) is 5.62. The Hall–Kier alpha value is -1.38. The molecule has 0 aromatic carbocycles. The van der Waals surface area contributed by atoms with Crippen LogP contribution in [0.25, 0.3) is 0 Å². The van der Waals surface area contributed by atoms with Gasteiger partial charge in [-0.1, -0.05) is 13.8 Å². The predicted molar refractivity (Wildman–Crippen MR) is 68.1 cm³/mol. The van der Waals surface area contributed by atoms with Crippen LogP contribution in [-0.2, 0) is 0 Å². The van der Waals surface area contributed by atoms with E-state index < -0.39 is 0 Å². The van der Waals surface area contributed by atoms with Gasteiger partial charge in [-0.25, -0.2) is 4.99 Å². The van der Waals surface area contributed by atoms with Crippen LogP contribution in [0, 0.1) is 0 Å². The van der Waals surface area contributed by atoms with Crippen LogP contribution in [0.4, 0.5) is 5.82 Å². The Bertz CT molecular complexity index is 414. The van der Waals surface area contributed by atoms with E-state index in [2.05, 4.69) is 39.4 Å². The van der Waals surface area contributed by atoms with Crippen LogP contribution >= 0.6 is 0 Å². The fourth-order valence-electron chi connectivity index (χ4n) is 1.89. The lowest BCUT2D eigenvalue weighted by molar-refractivity contribution is 0.101. The molecule has 3 nitrogen and oxygen atoms in total.